The molecular formula is C19H15NO4. The predicted octanol–water partition coefficient (Wildman–Crippen LogP) is 3.40. The number of rotatable bonds is 3. The zero-order chi connectivity index (χ0) is 16.7. The molecule has 0 bridgehead atoms. The first-order valence-corrected chi connectivity index (χ1v) is 7.61. The lowest BCUT2D eigenvalue weighted by molar-refractivity contribution is 0.0490. The van der Waals surface area contributed by atoms with Gasteiger partial charge in [-0.05, 0) is 22.3 Å². The van der Waals surface area contributed by atoms with Crippen LogP contribution < -0.4 is 0 Å². The van der Waals surface area contributed by atoms with Crippen LogP contribution in [0.15, 0.2) is 54.6 Å². The van der Waals surface area contributed by atoms with Gasteiger partial charge >= 0.3 is 5.97 Å². The van der Waals surface area contributed by atoms with Crippen molar-refractivity contribution in [3.05, 3.63) is 71.3 Å². The van der Waals surface area contributed by atoms with Crippen LogP contribution in [0.2, 0.25) is 0 Å². The molecule has 1 aliphatic rings. The summed E-state index contributed by atoms with van der Waals surface area (Å²) < 4.78 is 5.39. The van der Waals surface area contributed by atoms with Crippen molar-refractivity contribution in [2.45, 2.75) is 5.92 Å². The fraction of sp³-hybridized carbons (Fsp3) is 0.105. The lowest BCUT2D eigenvalue weighted by atomic mass is 9.98. The summed E-state index contributed by atoms with van der Waals surface area (Å²) in [6.45, 7) is 0.165. The summed E-state index contributed by atoms with van der Waals surface area (Å²) in [7, 11) is 0. The molecule has 1 heterocycles. The highest BCUT2D eigenvalue weighted by molar-refractivity contribution is 5.92. The molecule has 0 amide bonds. The van der Waals surface area contributed by atoms with Gasteiger partial charge in [0.1, 0.15) is 12.2 Å². The minimum absolute atomic E-state index is 0.0453. The van der Waals surface area contributed by atoms with Crippen LogP contribution in [0.3, 0.4) is 0 Å². The van der Waals surface area contributed by atoms with Crippen molar-refractivity contribution in [1.29, 1.82) is 0 Å². The molecule has 120 valence electrons. The second-order valence-electron chi connectivity index (χ2n) is 5.74. The van der Waals surface area contributed by atoms with Gasteiger partial charge in [0.15, 0.2) is 5.88 Å². The summed E-state index contributed by atoms with van der Waals surface area (Å²) in [5.74, 6) is -1.40. The molecule has 0 aliphatic heterocycles. The summed E-state index contributed by atoms with van der Waals surface area (Å²) >= 11 is 0. The van der Waals surface area contributed by atoms with E-state index in [2.05, 4.69) is 17.1 Å². The maximum absolute atomic E-state index is 12.1. The van der Waals surface area contributed by atoms with E-state index < -0.39 is 11.8 Å². The van der Waals surface area contributed by atoms with Gasteiger partial charge < -0.3 is 14.9 Å². The van der Waals surface area contributed by atoms with E-state index in [0.717, 1.165) is 28.3 Å². The van der Waals surface area contributed by atoms with Crippen molar-refractivity contribution in [3.8, 4) is 22.9 Å². The molecular weight excluding hydrogens is 306 g/mol. The van der Waals surface area contributed by atoms with E-state index in [-0.39, 0.29) is 24.0 Å². The van der Waals surface area contributed by atoms with Crippen molar-refractivity contribution >= 4 is 5.97 Å². The van der Waals surface area contributed by atoms with Gasteiger partial charge in [-0.25, -0.2) is 4.79 Å². The number of esters is 1. The minimum atomic E-state index is -0.675. The van der Waals surface area contributed by atoms with Crippen molar-refractivity contribution in [1.82, 2.24) is 4.98 Å². The molecule has 0 spiro atoms. The first kappa shape index (κ1) is 14.4. The Bertz CT molecular complexity index is 883. The van der Waals surface area contributed by atoms with Crippen LogP contribution in [0.1, 0.15) is 27.4 Å². The Hall–Kier alpha value is -3.21. The quantitative estimate of drug-likeness (QED) is 0.646. The number of nitrogens with one attached hydrogen (secondary N) is 1. The van der Waals surface area contributed by atoms with E-state index in [1.54, 1.807) is 0 Å². The average Bonchev–Trinajstić information content (AvgIpc) is 3.10. The van der Waals surface area contributed by atoms with Gasteiger partial charge in [0.25, 0.3) is 0 Å². The number of carbonyl (C=O) groups is 1. The Morgan fingerprint density at radius 1 is 1.00 bits per heavy atom. The van der Waals surface area contributed by atoms with Crippen LogP contribution in [-0.4, -0.2) is 27.8 Å². The van der Waals surface area contributed by atoms with E-state index >= 15 is 0 Å². The smallest absolute Gasteiger partial charge is 0.343 e. The molecule has 2 aromatic carbocycles. The second kappa shape index (κ2) is 5.45. The highest BCUT2D eigenvalue weighted by Gasteiger charge is 2.29. The molecule has 0 radical (unpaired) electrons. The highest BCUT2D eigenvalue weighted by atomic mass is 16.5. The lowest BCUT2D eigenvalue weighted by Crippen LogP contribution is -2.12. The zero-order valence-corrected chi connectivity index (χ0v) is 12.7. The van der Waals surface area contributed by atoms with Crippen molar-refractivity contribution in [2.24, 2.45) is 0 Å². The zero-order valence-electron chi connectivity index (χ0n) is 12.7. The molecule has 3 aromatic rings. The Morgan fingerprint density at radius 3 is 2.12 bits per heavy atom. The SMILES string of the molecule is O=C(OCC1c2ccccc2-c2ccccc21)c1cc(O)[nH]c1O. The fourth-order valence-electron chi connectivity index (χ4n) is 3.26. The number of hydrogen-bond acceptors (Lipinski definition) is 4. The second-order valence-corrected chi connectivity index (χ2v) is 5.74. The Balaban J connectivity index is 1.61. The van der Waals surface area contributed by atoms with Crippen LogP contribution in [-0.2, 0) is 4.74 Å². The summed E-state index contributed by atoms with van der Waals surface area (Å²) in [4.78, 5) is 14.4. The first-order chi connectivity index (χ1) is 11.6. The van der Waals surface area contributed by atoms with Gasteiger partial charge in [-0.1, -0.05) is 48.5 Å². The van der Waals surface area contributed by atoms with Crippen LogP contribution in [0, 0.1) is 0 Å². The van der Waals surface area contributed by atoms with E-state index in [9.17, 15) is 15.0 Å². The monoisotopic (exact) mass is 321 g/mol. The first-order valence-electron chi connectivity index (χ1n) is 7.61. The third-order valence-electron chi connectivity index (χ3n) is 4.35. The summed E-state index contributed by atoms with van der Waals surface area (Å²) in [5, 5.41) is 18.9. The number of benzene rings is 2. The Morgan fingerprint density at radius 2 is 1.58 bits per heavy atom. The number of H-pyrrole nitrogens is 1. The van der Waals surface area contributed by atoms with Gasteiger partial charge in [0.2, 0.25) is 5.88 Å². The molecule has 0 fully saturated rings. The maximum Gasteiger partial charge on any atom is 0.343 e. The van der Waals surface area contributed by atoms with Gasteiger partial charge in [-0.2, -0.15) is 0 Å². The molecule has 4 rings (SSSR count). The molecule has 1 aliphatic carbocycles. The van der Waals surface area contributed by atoms with Crippen molar-refractivity contribution in [2.75, 3.05) is 6.61 Å². The topological polar surface area (TPSA) is 82.5 Å². The van der Waals surface area contributed by atoms with Gasteiger partial charge in [0.05, 0.1) is 0 Å². The standard InChI is InChI=1S/C19H15NO4/c21-17-9-15(18(22)20-17)19(23)24-10-16-13-7-3-1-5-11(13)12-6-2-4-8-14(12)16/h1-9,16,20-22H,10H2. The van der Waals surface area contributed by atoms with E-state index in [4.69, 9.17) is 4.74 Å². The van der Waals surface area contributed by atoms with Crippen LogP contribution in [0.5, 0.6) is 11.8 Å². The lowest BCUT2D eigenvalue weighted by Gasteiger charge is -2.13. The van der Waals surface area contributed by atoms with Gasteiger partial charge in [-0.3, -0.25) is 4.98 Å². The van der Waals surface area contributed by atoms with Gasteiger partial charge in [0, 0.05) is 12.0 Å². The number of carbonyl (C=O) groups excluding carboxylic acids is 1. The minimum Gasteiger partial charge on any atom is -0.494 e. The fourth-order valence-corrected chi connectivity index (χ4v) is 3.26. The summed E-state index contributed by atoms with van der Waals surface area (Å²) in [5.41, 5.74) is 4.46. The van der Waals surface area contributed by atoms with Crippen molar-refractivity contribution < 1.29 is 19.7 Å². The largest absolute Gasteiger partial charge is 0.494 e. The number of hydrogen-bond donors (Lipinski definition) is 3. The summed E-state index contributed by atoms with van der Waals surface area (Å²) in [6, 6.07) is 17.3. The molecule has 0 unspecified atom stereocenters. The molecule has 5 nitrogen and oxygen atoms in total. The highest BCUT2D eigenvalue weighted by Crippen LogP contribution is 2.44. The summed E-state index contributed by atoms with van der Waals surface area (Å²) in [6.07, 6.45) is 0. The number of aromatic hydroxyl groups is 2. The number of aromatic nitrogens is 1. The number of fused-ring (bicyclic) bond motifs is 3. The maximum atomic E-state index is 12.1. The average molecular weight is 321 g/mol. The Kier molecular flexibility index (Phi) is 3.27. The number of ether oxygens (including phenoxy) is 1. The van der Waals surface area contributed by atoms with E-state index in [1.807, 2.05) is 36.4 Å². The molecule has 0 saturated heterocycles. The Labute approximate surface area is 138 Å². The molecule has 0 atom stereocenters. The van der Waals surface area contributed by atoms with Gasteiger partial charge in [-0.15, -0.1) is 0 Å². The van der Waals surface area contributed by atoms with E-state index in [0.29, 0.717) is 0 Å². The van der Waals surface area contributed by atoms with Crippen LogP contribution in [0.25, 0.3) is 11.1 Å². The molecule has 5 heteroatoms. The van der Waals surface area contributed by atoms with Crippen LogP contribution >= 0.6 is 0 Å². The normalized spacial score (nSPS) is 12.7. The molecule has 1 aromatic heterocycles. The number of aromatic amines is 1. The van der Waals surface area contributed by atoms with E-state index in [1.165, 1.54) is 0 Å². The van der Waals surface area contributed by atoms with Crippen molar-refractivity contribution in [3.63, 3.8) is 0 Å². The third-order valence-corrected chi connectivity index (χ3v) is 4.35. The molecule has 24 heavy (non-hydrogen) atoms. The molecule has 0 saturated carbocycles. The molecule has 3 N–H and O–H groups in total. The predicted molar refractivity (Wildman–Crippen MR) is 88.1 cm³/mol. The third kappa shape index (κ3) is 2.22. The van der Waals surface area contributed by atoms with Crippen LogP contribution in [0.4, 0.5) is 0 Å².